The van der Waals surface area contributed by atoms with Crippen LogP contribution < -0.4 is 5.32 Å². The lowest BCUT2D eigenvalue weighted by molar-refractivity contribution is 0.198. The lowest BCUT2D eigenvalue weighted by Gasteiger charge is -2.22. The molecule has 162 valence electrons. The highest BCUT2D eigenvalue weighted by Gasteiger charge is 2.34. The van der Waals surface area contributed by atoms with Crippen molar-refractivity contribution < 1.29 is 22.4 Å². The second-order valence-corrected chi connectivity index (χ2v) is 7.65. The van der Waals surface area contributed by atoms with Gasteiger partial charge in [-0.2, -0.15) is 0 Å². The fourth-order valence-corrected chi connectivity index (χ4v) is 3.98. The maximum absolute atomic E-state index is 13.9. The molecule has 8 heteroatoms. The molecule has 2 amide bonds. The minimum atomic E-state index is -0.846. The lowest BCUT2D eigenvalue weighted by Crippen LogP contribution is -2.34. The SMILES string of the molecule is O=C(Nc1ccc(F)cc1F)N1CCC[C@@H]1c1nc2cc(-c3cccc(F)c3)ccc2o1. The third kappa shape index (κ3) is 3.79. The molecule has 0 aliphatic carbocycles. The summed E-state index contributed by atoms with van der Waals surface area (Å²) < 4.78 is 46.5. The van der Waals surface area contributed by atoms with E-state index in [9.17, 15) is 18.0 Å². The molecule has 1 atom stereocenters. The van der Waals surface area contributed by atoms with E-state index in [4.69, 9.17) is 4.42 Å². The normalized spacial score (nSPS) is 16.0. The van der Waals surface area contributed by atoms with E-state index in [1.807, 2.05) is 18.2 Å². The Kier molecular flexibility index (Phi) is 5.05. The molecule has 32 heavy (non-hydrogen) atoms. The summed E-state index contributed by atoms with van der Waals surface area (Å²) in [6.45, 7) is 0.451. The summed E-state index contributed by atoms with van der Waals surface area (Å²) in [4.78, 5) is 18.9. The fraction of sp³-hybridized carbons (Fsp3) is 0.167. The van der Waals surface area contributed by atoms with Gasteiger partial charge in [-0.05, 0) is 60.4 Å². The number of urea groups is 1. The number of rotatable bonds is 3. The van der Waals surface area contributed by atoms with Crippen molar-refractivity contribution in [2.24, 2.45) is 0 Å². The number of halogens is 3. The van der Waals surface area contributed by atoms with Crippen LogP contribution in [0.1, 0.15) is 24.8 Å². The van der Waals surface area contributed by atoms with Gasteiger partial charge in [-0.25, -0.2) is 22.9 Å². The first kappa shape index (κ1) is 20.1. The highest BCUT2D eigenvalue weighted by Crippen LogP contribution is 2.35. The Hall–Kier alpha value is -3.81. The predicted molar refractivity (Wildman–Crippen MR) is 113 cm³/mol. The molecule has 1 aromatic heterocycles. The molecule has 5 rings (SSSR count). The van der Waals surface area contributed by atoms with Crippen LogP contribution in [0.5, 0.6) is 0 Å². The number of hydrogen-bond acceptors (Lipinski definition) is 3. The quantitative estimate of drug-likeness (QED) is 0.410. The number of likely N-dealkylation sites (tertiary alicyclic amines) is 1. The number of nitrogens with zero attached hydrogens (tertiary/aromatic N) is 2. The molecule has 1 N–H and O–H groups in total. The van der Waals surface area contributed by atoms with Gasteiger partial charge in [0.2, 0.25) is 5.89 Å². The lowest BCUT2D eigenvalue weighted by atomic mass is 10.1. The van der Waals surface area contributed by atoms with Crippen molar-refractivity contribution in [3.63, 3.8) is 0 Å². The van der Waals surface area contributed by atoms with Crippen LogP contribution in [-0.2, 0) is 0 Å². The average molecular weight is 437 g/mol. The second kappa shape index (κ2) is 8.03. The molecule has 4 aromatic rings. The van der Waals surface area contributed by atoms with Crippen molar-refractivity contribution in [2.75, 3.05) is 11.9 Å². The number of oxazole rings is 1. The van der Waals surface area contributed by atoms with Crippen molar-refractivity contribution in [3.05, 3.63) is 84.0 Å². The number of anilines is 1. The largest absolute Gasteiger partial charge is 0.438 e. The van der Waals surface area contributed by atoms with Gasteiger partial charge in [0.1, 0.15) is 29.0 Å². The van der Waals surface area contributed by atoms with Gasteiger partial charge in [-0.1, -0.05) is 18.2 Å². The van der Waals surface area contributed by atoms with Crippen LogP contribution in [0.25, 0.3) is 22.2 Å². The van der Waals surface area contributed by atoms with Crippen LogP contribution in [0.3, 0.4) is 0 Å². The van der Waals surface area contributed by atoms with E-state index in [-0.39, 0.29) is 11.5 Å². The summed E-state index contributed by atoms with van der Waals surface area (Å²) >= 11 is 0. The van der Waals surface area contributed by atoms with Gasteiger partial charge in [0.25, 0.3) is 0 Å². The van der Waals surface area contributed by atoms with Crippen LogP contribution in [0.4, 0.5) is 23.7 Å². The van der Waals surface area contributed by atoms with Crippen LogP contribution in [0, 0.1) is 17.5 Å². The first-order valence-electron chi connectivity index (χ1n) is 10.2. The first-order chi connectivity index (χ1) is 15.5. The molecule has 1 aliphatic heterocycles. The number of carbonyl (C=O) groups is 1. The van der Waals surface area contributed by atoms with Crippen LogP contribution >= 0.6 is 0 Å². The molecule has 5 nitrogen and oxygen atoms in total. The highest BCUT2D eigenvalue weighted by molar-refractivity contribution is 5.90. The zero-order valence-electron chi connectivity index (χ0n) is 16.8. The molecule has 1 saturated heterocycles. The Labute approximate surface area is 181 Å². The van der Waals surface area contributed by atoms with E-state index >= 15 is 0 Å². The summed E-state index contributed by atoms with van der Waals surface area (Å²) in [7, 11) is 0. The molecule has 1 fully saturated rings. The number of nitrogens with one attached hydrogen (secondary N) is 1. The maximum Gasteiger partial charge on any atom is 0.322 e. The van der Waals surface area contributed by atoms with Crippen LogP contribution in [-0.4, -0.2) is 22.5 Å². The number of amides is 2. The second-order valence-electron chi connectivity index (χ2n) is 7.65. The van der Waals surface area contributed by atoms with Gasteiger partial charge in [0.05, 0.1) is 5.69 Å². The summed E-state index contributed by atoms with van der Waals surface area (Å²) in [5.74, 6) is -1.51. The number of carbonyl (C=O) groups excluding carboxylic acids is 1. The van der Waals surface area contributed by atoms with E-state index in [1.54, 1.807) is 12.1 Å². The van der Waals surface area contributed by atoms with Crippen molar-refractivity contribution in [1.82, 2.24) is 9.88 Å². The number of fused-ring (bicyclic) bond motifs is 1. The molecular weight excluding hydrogens is 419 g/mol. The molecular formula is C24H18F3N3O2. The number of hydrogen-bond donors (Lipinski definition) is 1. The van der Waals surface area contributed by atoms with Gasteiger partial charge in [0, 0.05) is 12.6 Å². The number of benzene rings is 3. The third-order valence-electron chi connectivity index (χ3n) is 5.53. The zero-order valence-corrected chi connectivity index (χ0v) is 16.8. The van der Waals surface area contributed by atoms with E-state index in [2.05, 4.69) is 10.3 Å². The van der Waals surface area contributed by atoms with E-state index < -0.39 is 23.7 Å². The van der Waals surface area contributed by atoms with Crippen molar-refractivity contribution >= 4 is 22.8 Å². The maximum atomic E-state index is 13.9. The topological polar surface area (TPSA) is 58.4 Å². The minimum absolute atomic E-state index is 0.0978. The summed E-state index contributed by atoms with van der Waals surface area (Å²) in [5.41, 5.74) is 2.57. The predicted octanol–water partition coefficient (Wildman–Crippen LogP) is 6.28. The fourth-order valence-electron chi connectivity index (χ4n) is 3.98. The molecule has 0 bridgehead atoms. The monoisotopic (exact) mass is 437 g/mol. The molecule has 0 radical (unpaired) electrons. The Bertz CT molecular complexity index is 1320. The Morgan fingerprint density at radius 2 is 1.81 bits per heavy atom. The first-order valence-corrected chi connectivity index (χ1v) is 10.2. The van der Waals surface area contributed by atoms with E-state index in [1.165, 1.54) is 23.1 Å². The van der Waals surface area contributed by atoms with E-state index in [0.29, 0.717) is 36.0 Å². The van der Waals surface area contributed by atoms with Crippen molar-refractivity contribution in [3.8, 4) is 11.1 Å². The summed E-state index contributed by atoms with van der Waals surface area (Å²) in [6.07, 6.45) is 1.38. The molecule has 0 spiro atoms. The van der Waals surface area contributed by atoms with Crippen LogP contribution in [0.2, 0.25) is 0 Å². The summed E-state index contributed by atoms with van der Waals surface area (Å²) in [6, 6.07) is 13.7. The molecule has 3 aromatic carbocycles. The van der Waals surface area contributed by atoms with Gasteiger partial charge < -0.3 is 14.6 Å². The minimum Gasteiger partial charge on any atom is -0.438 e. The smallest absolute Gasteiger partial charge is 0.322 e. The standard InChI is InChI=1S/C24H18F3N3O2/c25-16-4-1-3-14(11-16)15-6-9-22-20(12-15)28-23(32-22)21-5-2-10-30(21)24(31)29-19-8-7-17(26)13-18(19)27/h1,3-4,6-9,11-13,21H,2,5,10H2,(H,29,31)/t21-/m1/s1. The van der Waals surface area contributed by atoms with Gasteiger partial charge in [-0.15, -0.1) is 0 Å². The molecule has 1 aliphatic rings. The highest BCUT2D eigenvalue weighted by atomic mass is 19.1. The van der Waals surface area contributed by atoms with Gasteiger partial charge in [0.15, 0.2) is 5.58 Å². The van der Waals surface area contributed by atoms with Crippen molar-refractivity contribution in [1.29, 1.82) is 0 Å². The average Bonchev–Trinajstić information content (AvgIpc) is 3.42. The number of aromatic nitrogens is 1. The molecule has 0 saturated carbocycles. The van der Waals surface area contributed by atoms with Gasteiger partial charge in [-0.3, -0.25) is 0 Å². The molecule has 2 heterocycles. The summed E-state index contributed by atoms with van der Waals surface area (Å²) in [5, 5.41) is 2.49. The zero-order chi connectivity index (χ0) is 22.2. The van der Waals surface area contributed by atoms with Gasteiger partial charge >= 0.3 is 6.03 Å². The Balaban J connectivity index is 1.40. The van der Waals surface area contributed by atoms with Crippen molar-refractivity contribution in [2.45, 2.75) is 18.9 Å². The van der Waals surface area contributed by atoms with Crippen LogP contribution in [0.15, 0.2) is 65.1 Å². The molecule has 0 unspecified atom stereocenters. The van der Waals surface area contributed by atoms with E-state index in [0.717, 1.165) is 23.6 Å². The Morgan fingerprint density at radius 1 is 1.00 bits per heavy atom. The third-order valence-corrected chi connectivity index (χ3v) is 5.53. The Morgan fingerprint density at radius 3 is 2.62 bits per heavy atom.